The molecule has 0 spiro atoms. The van der Waals surface area contributed by atoms with E-state index < -0.39 is 5.60 Å². The van der Waals surface area contributed by atoms with Crippen LogP contribution in [0.4, 0.5) is 0 Å². The predicted octanol–water partition coefficient (Wildman–Crippen LogP) is 3.31. The Balaban J connectivity index is 2.27. The summed E-state index contributed by atoms with van der Waals surface area (Å²) in [5, 5.41) is 11.3. The monoisotopic (exact) mass is 377 g/mol. The zero-order valence-corrected chi connectivity index (χ0v) is 15.1. The van der Waals surface area contributed by atoms with Crippen molar-refractivity contribution in [2.45, 2.75) is 32.4 Å². The van der Waals surface area contributed by atoms with Crippen molar-refractivity contribution in [1.82, 2.24) is 14.5 Å². The molecule has 0 bridgehead atoms. The van der Waals surface area contributed by atoms with Gasteiger partial charge in [-0.15, -0.1) is 0 Å². The Bertz CT molecular complexity index is 852. The van der Waals surface area contributed by atoms with Crippen LogP contribution in [0.3, 0.4) is 0 Å². The quantitative estimate of drug-likeness (QED) is 0.740. The maximum Gasteiger partial charge on any atom is 0.112 e. The lowest BCUT2D eigenvalue weighted by molar-refractivity contribution is 0.0615. The summed E-state index contributed by atoms with van der Waals surface area (Å²) in [5.74, 6) is 0.904. The van der Waals surface area contributed by atoms with Crippen LogP contribution in [0, 0.1) is 0 Å². The number of rotatable bonds is 5. The van der Waals surface area contributed by atoms with Crippen molar-refractivity contribution >= 4 is 37.9 Å². The molecule has 3 rings (SSSR count). The van der Waals surface area contributed by atoms with Gasteiger partial charge in [-0.25, -0.2) is 4.98 Å². The van der Waals surface area contributed by atoms with Crippen LogP contribution in [0.1, 0.15) is 19.7 Å². The number of fused-ring (bicyclic) bond motifs is 3. The van der Waals surface area contributed by atoms with Gasteiger partial charge in [-0.1, -0.05) is 15.9 Å². The van der Waals surface area contributed by atoms with E-state index in [0.29, 0.717) is 19.6 Å². The second-order valence-electron chi connectivity index (χ2n) is 6.32. The first-order chi connectivity index (χ1) is 10.9. The Hall–Kier alpha value is -1.50. The summed E-state index contributed by atoms with van der Waals surface area (Å²) in [6.45, 7) is 4.67. The number of ether oxygens (including phenoxy) is 1. The number of aliphatic hydroxyl groups is 1. The molecular weight excluding hydrogens is 358 g/mol. The molecule has 3 aromatic rings. The number of aromatic nitrogens is 3. The van der Waals surface area contributed by atoms with Crippen LogP contribution >= 0.6 is 15.9 Å². The van der Waals surface area contributed by atoms with Crippen LogP contribution < -0.4 is 0 Å². The Morgan fingerprint density at radius 3 is 2.78 bits per heavy atom. The molecular formula is C17H20BrN3O2. The fraction of sp³-hybridized carbons (Fsp3) is 0.412. The minimum absolute atomic E-state index is 0.470. The van der Waals surface area contributed by atoms with Crippen molar-refractivity contribution < 1.29 is 9.84 Å². The minimum atomic E-state index is -0.833. The maximum atomic E-state index is 10.3. The smallest absolute Gasteiger partial charge is 0.112 e. The zero-order chi connectivity index (χ0) is 16.6. The molecule has 6 heteroatoms. The highest BCUT2D eigenvalue weighted by atomic mass is 79.9. The fourth-order valence-electron chi connectivity index (χ4n) is 2.78. The van der Waals surface area contributed by atoms with E-state index in [-0.39, 0.29) is 0 Å². The van der Waals surface area contributed by atoms with Crippen LogP contribution in [0.5, 0.6) is 0 Å². The van der Waals surface area contributed by atoms with Crippen molar-refractivity contribution in [2.24, 2.45) is 0 Å². The number of methoxy groups -OCH3 is 1. The zero-order valence-electron chi connectivity index (χ0n) is 13.5. The molecule has 0 amide bonds. The molecule has 0 radical (unpaired) electrons. The summed E-state index contributed by atoms with van der Waals surface area (Å²) in [6, 6.07) is 6.03. The second kappa shape index (κ2) is 6.19. The summed E-state index contributed by atoms with van der Waals surface area (Å²) >= 11 is 3.48. The molecule has 0 saturated carbocycles. The average molecular weight is 378 g/mol. The van der Waals surface area contributed by atoms with Gasteiger partial charge in [-0.05, 0) is 32.0 Å². The van der Waals surface area contributed by atoms with Gasteiger partial charge in [0.05, 0.1) is 36.0 Å². The number of hydrogen-bond acceptors (Lipinski definition) is 4. The Labute approximate surface area is 143 Å². The second-order valence-corrected chi connectivity index (χ2v) is 7.24. The van der Waals surface area contributed by atoms with E-state index in [1.165, 1.54) is 0 Å². The van der Waals surface area contributed by atoms with Crippen LogP contribution in [0.15, 0.2) is 28.9 Å². The average Bonchev–Trinajstić information content (AvgIpc) is 2.81. The number of nitrogens with zero attached hydrogens (tertiary/aromatic N) is 3. The lowest BCUT2D eigenvalue weighted by Crippen LogP contribution is -2.27. The van der Waals surface area contributed by atoms with Crippen LogP contribution in [-0.4, -0.2) is 39.0 Å². The van der Waals surface area contributed by atoms with Gasteiger partial charge < -0.3 is 14.4 Å². The first kappa shape index (κ1) is 16.4. The first-order valence-electron chi connectivity index (χ1n) is 7.54. The maximum absolute atomic E-state index is 10.3. The third-order valence-corrected chi connectivity index (χ3v) is 4.18. The molecule has 5 nitrogen and oxygen atoms in total. The van der Waals surface area contributed by atoms with Crippen LogP contribution in [0.2, 0.25) is 0 Å². The number of halogens is 1. The van der Waals surface area contributed by atoms with E-state index in [0.717, 1.165) is 32.2 Å². The molecule has 0 aliphatic heterocycles. The van der Waals surface area contributed by atoms with Crippen molar-refractivity contribution in [1.29, 1.82) is 0 Å². The topological polar surface area (TPSA) is 60.2 Å². The number of hydrogen-bond donors (Lipinski definition) is 1. The molecule has 0 atom stereocenters. The van der Waals surface area contributed by atoms with E-state index in [1.807, 2.05) is 18.2 Å². The highest BCUT2D eigenvalue weighted by Gasteiger charge is 2.20. The Kier molecular flexibility index (Phi) is 4.40. The molecule has 122 valence electrons. The number of benzene rings is 1. The largest absolute Gasteiger partial charge is 0.389 e. The summed E-state index contributed by atoms with van der Waals surface area (Å²) in [7, 11) is 1.68. The summed E-state index contributed by atoms with van der Waals surface area (Å²) in [5.41, 5.74) is 1.92. The van der Waals surface area contributed by atoms with Crippen LogP contribution in [0.25, 0.3) is 21.9 Å². The predicted molar refractivity (Wildman–Crippen MR) is 94.6 cm³/mol. The SMILES string of the molecule is COCCc1nc2cnc3cc(Br)ccc3c2n1CC(C)(C)O. The van der Waals surface area contributed by atoms with E-state index in [4.69, 9.17) is 9.72 Å². The van der Waals surface area contributed by atoms with Gasteiger partial charge in [0.25, 0.3) is 0 Å². The Morgan fingerprint density at radius 1 is 1.30 bits per heavy atom. The minimum Gasteiger partial charge on any atom is -0.389 e. The third kappa shape index (κ3) is 3.39. The molecule has 2 heterocycles. The lowest BCUT2D eigenvalue weighted by Gasteiger charge is -2.20. The van der Waals surface area contributed by atoms with E-state index >= 15 is 0 Å². The van der Waals surface area contributed by atoms with Gasteiger partial charge >= 0.3 is 0 Å². The van der Waals surface area contributed by atoms with Gasteiger partial charge in [-0.3, -0.25) is 4.98 Å². The fourth-order valence-corrected chi connectivity index (χ4v) is 3.13. The standard InChI is InChI=1S/C17H20BrN3O2/c1-17(2,22)10-21-15(6-7-23-3)20-14-9-19-13-8-11(18)4-5-12(13)16(14)21/h4-5,8-9,22H,6-7,10H2,1-3H3. The van der Waals surface area contributed by atoms with Gasteiger partial charge in [0.1, 0.15) is 11.3 Å². The molecule has 23 heavy (non-hydrogen) atoms. The van der Waals surface area contributed by atoms with E-state index in [1.54, 1.807) is 27.2 Å². The van der Waals surface area contributed by atoms with Gasteiger partial charge in [-0.2, -0.15) is 0 Å². The summed E-state index contributed by atoms with van der Waals surface area (Å²) in [4.78, 5) is 9.21. The number of pyridine rings is 1. The van der Waals surface area contributed by atoms with Crippen molar-refractivity contribution in [3.05, 3.63) is 34.7 Å². The van der Waals surface area contributed by atoms with E-state index in [2.05, 4.69) is 25.5 Å². The molecule has 0 aliphatic carbocycles. The van der Waals surface area contributed by atoms with Gasteiger partial charge in [0.15, 0.2) is 0 Å². The van der Waals surface area contributed by atoms with Gasteiger partial charge in [0, 0.05) is 23.4 Å². The summed E-state index contributed by atoms with van der Waals surface area (Å²) < 4.78 is 8.27. The highest BCUT2D eigenvalue weighted by Crippen LogP contribution is 2.28. The highest BCUT2D eigenvalue weighted by molar-refractivity contribution is 9.10. The lowest BCUT2D eigenvalue weighted by atomic mass is 10.1. The molecule has 0 fully saturated rings. The van der Waals surface area contributed by atoms with Crippen LogP contribution in [-0.2, 0) is 17.7 Å². The molecule has 1 aromatic carbocycles. The molecule has 0 aliphatic rings. The molecule has 0 unspecified atom stereocenters. The first-order valence-corrected chi connectivity index (χ1v) is 8.33. The molecule has 2 aromatic heterocycles. The van der Waals surface area contributed by atoms with Crippen molar-refractivity contribution in [3.8, 4) is 0 Å². The molecule has 0 saturated heterocycles. The third-order valence-electron chi connectivity index (χ3n) is 3.69. The van der Waals surface area contributed by atoms with Gasteiger partial charge in [0.2, 0.25) is 0 Å². The van der Waals surface area contributed by atoms with Crippen molar-refractivity contribution in [2.75, 3.05) is 13.7 Å². The molecule has 1 N–H and O–H groups in total. The Morgan fingerprint density at radius 2 is 2.09 bits per heavy atom. The normalized spacial score (nSPS) is 12.4. The summed E-state index contributed by atoms with van der Waals surface area (Å²) in [6.07, 6.45) is 2.49. The van der Waals surface area contributed by atoms with E-state index in [9.17, 15) is 5.11 Å². The number of imidazole rings is 1. The van der Waals surface area contributed by atoms with Crippen molar-refractivity contribution in [3.63, 3.8) is 0 Å².